The van der Waals surface area contributed by atoms with Crippen molar-refractivity contribution in [3.8, 4) is 78.7 Å². The molecule has 2 aliphatic rings. The standard InChI is InChI=1S/C59H36N2OS/c1-2-15-38(16-3-1)43-19-4-5-21-46(43)58-60-55(57-56(61-58)47-22-7-13-28-54(47)63-57)39-31-29-37(30-32-39)40-17-14-18-41(35-40)42-33-34-45-44-20-6-8-23-48(44)59(51(45)36-42)49-24-9-11-26-52(49)62-53-27-12-10-25-50(53)59/h1-36H. The molecule has 1 spiro atoms. The molecule has 1 aliphatic heterocycles. The highest BCUT2D eigenvalue weighted by atomic mass is 32.1. The van der Waals surface area contributed by atoms with Gasteiger partial charge in [0.05, 0.1) is 21.3 Å². The van der Waals surface area contributed by atoms with E-state index in [2.05, 4.69) is 218 Å². The van der Waals surface area contributed by atoms with Crippen molar-refractivity contribution in [3.05, 3.63) is 241 Å². The van der Waals surface area contributed by atoms with Crippen LogP contribution in [0.25, 0.3) is 87.5 Å². The van der Waals surface area contributed by atoms with Crippen LogP contribution in [-0.2, 0) is 5.41 Å². The van der Waals surface area contributed by atoms with Gasteiger partial charge in [0, 0.05) is 32.3 Å². The SMILES string of the molecule is c1ccc(-c2ccccc2-c2nc(-c3ccc(-c4cccc(-c5ccc6c(c5)C5(c7ccccc7Oc7ccccc75)c5ccccc5-6)c4)cc3)c3sc4ccccc4c3n2)cc1. The number of para-hydroxylation sites is 2. The Labute approximate surface area is 369 Å². The van der Waals surface area contributed by atoms with E-state index in [0.29, 0.717) is 0 Å². The summed E-state index contributed by atoms with van der Waals surface area (Å²) in [6.07, 6.45) is 0. The van der Waals surface area contributed by atoms with Crippen molar-refractivity contribution < 1.29 is 4.74 Å². The number of hydrogen-bond acceptors (Lipinski definition) is 4. The number of aromatic nitrogens is 2. The lowest BCUT2D eigenvalue weighted by atomic mass is 9.66. The Balaban J connectivity index is 0.914. The Morgan fingerprint density at radius 2 is 0.921 bits per heavy atom. The molecule has 1 aliphatic carbocycles. The quantitative estimate of drug-likeness (QED) is 0.173. The number of ether oxygens (including phenoxy) is 1. The summed E-state index contributed by atoms with van der Waals surface area (Å²) in [5.41, 5.74) is 17.9. The minimum Gasteiger partial charge on any atom is -0.457 e. The van der Waals surface area contributed by atoms with Crippen LogP contribution in [0.5, 0.6) is 11.5 Å². The molecule has 0 unspecified atom stereocenters. The van der Waals surface area contributed by atoms with Crippen LogP contribution in [0, 0.1) is 0 Å². The zero-order valence-electron chi connectivity index (χ0n) is 34.0. The molecule has 0 fully saturated rings. The van der Waals surface area contributed by atoms with Gasteiger partial charge < -0.3 is 4.74 Å². The molecule has 11 aromatic rings. The van der Waals surface area contributed by atoms with E-state index in [-0.39, 0.29) is 0 Å². The zero-order chi connectivity index (χ0) is 41.5. The fourth-order valence-corrected chi connectivity index (χ4v) is 11.3. The maximum absolute atomic E-state index is 6.59. The van der Waals surface area contributed by atoms with Gasteiger partial charge in [-0.05, 0) is 86.0 Å². The lowest BCUT2D eigenvalue weighted by molar-refractivity contribution is 0.436. The summed E-state index contributed by atoms with van der Waals surface area (Å²) in [4.78, 5) is 10.7. The number of hydrogen-bond donors (Lipinski definition) is 0. The molecule has 0 saturated heterocycles. The van der Waals surface area contributed by atoms with Crippen molar-refractivity contribution in [3.63, 3.8) is 0 Å². The van der Waals surface area contributed by atoms with E-state index < -0.39 is 5.41 Å². The first-order valence-corrected chi connectivity index (χ1v) is 22.2. The van der Waals surface area contributed by atoms with Crippen molar-refractivity contribution >= 4 is 31.6 Å². The molecule has 0 radical (unpaired) electrons. The van der Waals surface area contributed by atoms with Gasteiger partial charge in [-0.3, -0.25) is 0 Å². The molecular weight excluding hydrogens is 785 g/mol. The van der Waals surface area contributed by atoms with Gasteiger partial charge in [-0.25, -0.2) is 9.97 Å². The van der Waals surface area contributed by atoms with Gasteiger partial charge >= 0.3 is 0 Å². The van der Waals surface area contributed by atoms with Crippen LogP contribution in [0.4, 0.5) is 0 Å². The Morgan fingerprint density at radius 3 is 1.70 bits per heavy atom. The maximum Gasteiger partial charge on any atom is 0.161 e. The number of rotatable bonds is 5. The maximum atomic E-state index is 6.59. The minimum absolute atomic E-state index is 0.509. The third-order valence-electron chi connectivity index (χ3n) is 13.0. The predicted octanol–water partition coefficient (Wildman–Crippen LogP) is 15.6. The van der Waals surface area contributed by atoms with E-state index in [9.17, 15) is 0 Å². The van der Waals surface area contributed by atoms with E-state index >= 15 is 0 Å². The lowest BCUT2D eigenvalue weighted by Gasteiger charge is -2.39. The molecule has 0 bridgehead atoms. The third-order valence-corrected chi connectivity index (χ3v) is 14.2. The summed E-state index contributed by atoms with van der Waals surface area (Å²) >= 11 is 1.76. The van der Waals surface area contributed by atoms with Crippen LogP contribution in [0.15, 0.2) is 218 Å². The van der Waals surface area contributed by atoms with Crippen LogP contribution < -0.4 is 4.74 Å². The van der Waals surface area contributed by atoms with Gasteiger partial charge in [-0.15, -0.1) is 11.3 Å². The summed E-state index contributed by atoms with van der Waals surface area (Å²) in [6.45, 7) is 0. The molecular formula is C59H36N2OS. The molecule has 294 valence electrons. The molecule has 3 heterocycles. The van der Waals surface area contributed by atoms with Gasteiger partial charge in [0.25, 0.3) is 0 Å². The summed E-state index contributed by atoms with van der Waals surface area (Å²) < 4.78 is 8.89. The third kappa shape index (κ3) is 5.45. The summed E-state index contributed by atoms with van der Waals surface area (Å²) in [6, 6.07) is 78.4. The largest absolute Gasteiger partial charge is 0.457 e. The van der Waals surface area contributed by atoms with Crippen LogP contribution in [0.2, 0.25) is 0 Å². The number of nitrogens with zero attached hydrogens (tertiary/aromatic N) is 2. The Bertz CT molecular complexity index is 3560. The van der Waals surface area contributed by atoms with Crippen LogP contribution in [0.3, 0.4) is 0 Å². The highest BCUT2D eigenvalue weighted by Crippen LogP contribution is 2.62. The Hall–Kier alpha value is -7.92. The van der Waals surface area contributed by atoms with E-state index in [4.69, 9.17) is 14.7 Å². The van der Waals surface area contributed by atoms with Crippen LogP contribution in [-0.4, -0.2) is 9.97 Å². The number of thiophene rings is 1. The summed E-state index contributed by atoms with van der Waals surface area (Å²) in [5, 5.41) is 1.15. The van der Waals surface area contributed by atoms with Gasteiger partial charge in [-0.1, -0.05) is 188 Å². The molecule has 0 atom stereocenters. The highest BCUT2D eigenvalue weighted by molar-refractivity contribution is 7.26. The van der Waals surface area contributed by atoms with Crippen molar-refractivity contribution in [2.24, 2.45) is 0 Å². The summed E-state index contributed by atoms with van der Waals surface area (Å²) in [7, 11) is 0. The normalized spacial score (nSPS) is 13.0. The summed E-state index contributed by atoms with van der Waals surface area (Å²) in [5.74, 6) is 2.53. The molecule has 13 rings (SSSR count). The van der Waals surface area contributed by atoms with E-state index in [1.54, 1.807) is 11.3 Å². The topological polar surface area (TPSA) is 35.0 Å². The zero-order valence-corrected chi connectivity index (χ0v) is 34.8. The second kappa shape index (κ2) is 14.1. The first-order chi connectivity index (χ1) is 31.2. The van der Waals surface area contributed by atoms with Crippen molar-refractivity contribution in [2.45, 2.75) is 5.41 Å². The molecule has 4 heteroatoms. The monoisotopic (exact) mass is 820 g/mol. The molecule has 0 N–H and O–H groups in total. The van der Waals surface area contributed by atoms with Crippen molar-refractivity contribution in [1.82, 2.24) is 9.97 Å². The number of benzene rings is 9. The van der Waals surface area contributed by atoms with Gasteiger partial charge in [0.1, 0.15) is 11.5 Å². The molecule has 3 nitrogen and oxygen atoms in total. The fourth-order valence-electron chi connectivity index (χ4n) is 10.2. The molecule has 2 aromatic heterocycles. The molecule has 9 aromatic carbocycles. The van der Waals surface area contributed by atoms with E-state index in [1.165, 1.54) is 49.2 Å². The lowest BCUT2D eigenvalue weighted by Crippen LogP contribution is -2.32. The van der Waals surface area contributed by atoms with Crippen LogP contribution in [0.1, 0.15) is 22.3 Å². The van der Waals surface area contributed by atoms with Crippen LogP contribution >= 0.6 is 11.3 Å². The fraction of sp³-hybridized carbons (Fsp3) is 0.0169. The van der Waals surface area contributed by atoms with Crippen molar-refractivity contribution in [1.29, 1.82) is 0 Å². The predicted molar refractivity (Wildman–Crippen MR) is 259 cm³/mol. The van der Waals surface area contributed by atoms with Crippen molar-refractivity contribution in [2.75, 3.05) is 0 Å². The molecule has 0 saturated carbocycles. The molecule has 63 heavy (non-hydrogen) atoms. The second-order valence-corrected chi connectivity index (χ2v) is 17.4. The van der Waals surface area contributed by atoms with Gasteiger partial charge in [0.15, 0.2) is 5.82 Å². The first-order valence-electron chi connectivity index (χ1n) is 21.4. The smallest absolute Gasteiger partial charge is 0.161 e. The number of fused-ring (bicyclic) bond motifs is 12. The van der Waals surface area contributed by atoms with Gasteiger partial charge in [0.2, 0.25) is 0 Å². The highest BCUT2D eigenvalue weighted by Gasteiger charge is 2.51. The second-order valence-electron chi connectivity index (χ2n) is 16.4. The average Bonchev–Trinajstić information content (AvgIpc) is 3.88. The Morgan fingerprint density at radius 1 is 0.365 bits per heavy atom. The molecule has 0 amide bonds. The van der Waals surface area contributed by atoms with Gasteiger partial charge in [-0.2, -0.15) is 0 Å². The first kappa shape index (κ1) is 35.8. The minimum atomic E-state index is -0.509. The van der Waals surface area contributed by atoms with E-state index in [1.807, 2.05) is 0 Å². The Kier molecular flexibility index (Phi) is 7.99. The van der Waals surface area contributed by atoms with E-state index in [0.717, 1.165) is 72.0 Å². The average molecular weight is 821 g/mol.